The lowest BCUT2D eigenvalue weighted by molar-refractivity contribution is -0.125. The number of Topliss-reactive ketones (excluding diaryl/α,β-unsaturated/α-hetero) is 1. The number of aliphatic hydroxyl groups excluding tert-OH is 1. The second-order valence-electron chi connectivity index (χ2n) is 9.77. The van der Waals surface area contributed by atoms with E-state index in [0.717, 1.165) is 16.7 Å². The number of rotatable bonds is 5. The summed E-state index contributed by atoms with van der Waals surface area (Å²) in [5.74, 6) is -1.44. The van der Waals surface area contributed by atoms with Crippen molar-refractivity contribution in [1.82, 2.24) is 10.2 Å². The third-order valence-corrected chi connectivity index (χ3v) is 6.11. The molecule has 2 aromatic rings. The Morgan fingerprint density at radius 3 is 2.38 bits per heavy atom. The number of hydrogen-bond donors (Lipinski definition) is 2. The van der Waals surface area contributed by atoms with Crippen LogP contribution >= 0.6 is 0 Å². The monoisotopic (exact) mass is 462 g/mol. The molecule has 0 spiro atoms. The predicted octanol–water partition coefficient (Wildman–Crippen LogP) is 3.86. The molecule has 0 bridgehead atoms. The molecule has 178 valence electrons. The lowest BCUT2D eigenvalue weighted by Gasteiger charge is -2.37. The van der Waals surface area contributed by atoms with Gasteiger partial charge >= 0.3 is 6.09 Å². The Labute approximate surface area is 199 Å². The summed E-state index contributed by atoms with van der Waals surface area (Å²) in [7, 11) is 0. The zero-order valence-corrected chi connectivity index (χ0v) is 19.7. The maximum Gasteiger partial charge on any atom is 0.411 e. The molecule has 0 saturated carbocycles. The maximum atomic E-state index is 13.6. The molecule has 2 N–H and O–H groups in total. The van der Waals surface area contributed by atoms with E-state index in [1.165, 1.54) is 4.90 Å². The van der Waals surface area contributed by atoms with Crippen LogP contribution in [0, 0.1) is 0 Å². The summed E-state index contributed by atoms with van der Waals surface area (Å²) in [6, 6.07) is 15.7. The fourth-order valence-electron chi connectivity index (χ4n) is 4.43. The van der Waals surface area contributed by atoms with Crippen LogP contribution in [0.2, 0.25) is 0 Å². The molecule has 0 radical (unpaired) electrons. The third kappa shape index (κ3) is 4.98. The molecule has 7 heteroatoms. The van der Waals surface area contributed by atoms with Crippen molar-refractivity contribution in [1.29, 1.82) is 0 Å². The van der Waals surface area contributed by atoms with E-state index in [1.54, 1.807) is 20.8 Å². The zero-order chi connectivity index (χ0) is 24.5. The minimum atomic E-state index is -0.944. The van der Waals surface area contributed by atoms with Crippen LogP contribution in [0.4, 0.5) is 4.79 Å². The fraction of sp³-hybridized carbons (Fsp3) is 0.370. The van der Waals surface area contributed by atoms with Gasteiger partial charge in [-0.3, -0.25) is 14.5 Å². The maximum absolute atomic E-state index is 13.6. The Hall–Kier alpha value is -3.61. The highest BCUT2D eigenvalue weighted by Gasteiger charge is 2.43. The molecule has 0 aromatic heterocycles. The standard InChI is InChI=1S/C27H30N2O5/c1-27(2,3)34-26(33)29-16-19-12-8-7-11-18(19)15-21(29)24(31)22-23(30)20(28-25(22)32)14-13-17-9-5-4-6-10-17/h4-12,20-21,30H,13-16H2,1-3H3,(H,28,32). The first-order valence-corrected chi connectivity index (χ1v) is 11.5. The molecule has 0 aliphatic carbocycles. The summed E-state index contributed by atoms with van der Waals surface area (Å²) in [6.45, 7) is 5.47. The van der Waals surface area contributed by atoms with Crippen LogP contribution < -0.4 is 5.32 Å². The van der Waals surface area contributed by atoms with Gasteiger partial charge in [-0.2, -0.15) is 0 Å². The van der Waals surface area contributed by atoms with E-state index in [1.807, 2.05) is 54.6 Å². The van der Waals surface area contributed by atoms with Crippen molar-refractivity contribution in [3.05, 3.63) is 82.6 Å². The number of carbonyl (C=O) groups excluding carboxylic acids is 3. The third-order valence-electron chi connectivity index (χ3n) is 6.11. The van der Waals surface area contributed by atoms with Gasteiger partial charge in [0.1, 0.15) is 23.0 Å². The van der Waals surface area contributed by atoms with E-state index >= 15 is 0 Å². The molecule has 2 unspecified atom stereocenters. The number of aliphatic hydroxyl groups is 1. The van der Waals surface area contributed by atoms with E-state index in [-0.39, 0.29) is 24.3 Å². The smallest absolute Gasteiger partial charge is 0.411 e. The Morgan fingerprint density at radius 2 is 1.71 bits per heavy atom. The number of nitrogens with one attached hydrogen (secondary N) is 1. The van der Waals surface area contributed by atoms with Crippen molar-refractivity contribution in [2.24, 2.45) is 0 Å². The van der Waals surface area contributed by atoms with E-state index in [0.29, 0.717) is 12.8 Å². The average molecular weight is 463 g/mol. The minimum absolute atomic E-state index is 0.189. The van der Waals surface area contributed by atoms with Crippen molar-refractivity contribution < 1.29 is 24.2 Å². The molecule has 0 saturated heterocycles. The number of amides is 2. The topological polar surface area (TPSA) is 95.9 Å². The summed E-state index contributed by atoms with van der Waals surface area (Å²) in [6.07, 6.45) is 0.715. The summed E-state index contributed by atoms with van der Waals surface area (Å²) in [5.41, 5.74) is 1.92. The molecule has 34 heavy (non-hydrogen) atoms. The molecule has 0 fully saturated rings. The minimum Gasteiger partial charge on any atom is -0.509 e. The number of hydrogen-bond acceptors (Lipinski definition) is 5. The molecule has 2 aliphatic heterocycles. The molecule has 2 amide bonds. The highest BCUT2D eigenvalue weighted by Crippen LogP contribution is 2.29. The second kappa shape index (κ2) is 9.33. The van der Waals surface area contributed by atoms with Crippen LogP contribution in [0.5, 0.6) is 0 Å². The molecule has 2 atom stereocenters. The van der Waals surface area contributed by atoms with Crippen molar-refractivity contribution >= 4 is 17.8 Å². The zero-order valence-electron chi connectivity index (χ0n) is 19.7. The van der Waals surface area contributed by atoms with E-state index < -0.39 is 35.5 Å². The summed E-state index contributed by atoms with van der Waals surface area (Å²) < 4.78 is 5.55. The SMILES string of the molecule is CC(C)(C)OC(=O)N1Cc2ccccc2CC1C(=O)C1=C(O)C(CCc2ccccc2)NC1=O. The van der Waals surface area contributed by atoms with Gasteiger partial charge in [0.15, 0.2) is 5.78 Å². The highest BCUT2D eigenvalue weighted by atomic mass is 16.6. The Morgan fingerprint density at radius 1 is 1.06 bits per heavy atom. The molecule has 2 aliphatic rings. The van der Waals surface area contributed by atoms with Crippen LogP contribution in [0.15, 0.2) is 65.9 Å². The summed E-state index contributed by atoms with van der Waals surface area (Å²) in [5, 5.41) is 13.6. The average Bonchev–Trinajstić information content (AvgIpc) is 3.08. The molecule has 4 rings (SSSR count). The van der Waals surface area contributed by atoms with Gasteiger partial charge in [0, 0.05) is 6.42 Å². The van der Waals surface area contributed by atoms with Crippen molar-refractivity contribution in [2.75, 3.05) is 0 Å². The largest absolute Gasteiger partial charge is 0.509 e. The van der Waals surface area contributed by atoms with Crippen LogP contribution in [-0.2, 0) is 33.7 Å². The van der Waals surface area contributed by atoms with Gasteiger partial charge in [-0.15, -0.1) is 0 Å². The van der Waals surface area contributed by atoms with Gasteiger partial charge in [-0.25, -0.2) is 4.79 Å². The quantitative estimate of drug-likeness (QED) is 0.658. The Kier molecular flexibility index (Phi) is 6.46. The van der Waals surface area contributed by atoms with E-state index in [4.69, 9.17) is 4.74 Å². The summed E-state index contributed by atoms with van der Waals surface area (Å²) >= 11 is 0. The number of benzene rings is 2. The number of ether oxygens (including phenoxy) is 1. The highest BCUT2D eigenvalue weighted by molar-refractivity contribution is 6.23. The predicted molar refractivity (Wildman–Crippen MR) is 127 cm³/mol. The van der Waals surface area contributed by atoms with Gasteiger partial charge in [-0.05, 0) is 50.3 Å². The lowest BCUT2D eigenvalue weighted by atomic mass is 9.89. The lowest BCUT2D eigenvalue weighted by Crippen LogP contribution is -2.51. The van der Waals surface area contributed by atoms with Crippen LogP contribution in [0.25, 0.3) is 0 Å². The van der Waals surface area contributed by atoms with Gasteiger partial charge in [-0.1, -0.05) is 54.6 Å². The molecular formula is C27H30N2O5. The number of ketones is 1. The normalized spacial score (nSPS) is 20.1. The van der Waals surface area contributed by atoms with Crippen molar-refractivity contribution in [3.63, 3.8) is 0 Å². The first-order valence-electron chi connectivity index (χ1n) is 11.5. The van der Waals surface area contributed by atoms with Gasteiger partial charge in [0.25, 0.3) is 5.91 Å². The second-order valence-corrected chi connectivity index (χ2v) is 9.77. The Bertz CT molecular complexity index is 1130. The van der Waals surface area contributed by atoms with Crippen LogP contribution in [-0.4, -0.2) is 45.5 Å². The Balaban J connectivity index is 1.59. The summed E-state index contributed by atoms with van der Waals surface area (Å²) in [4.78, 5) is 40.7. The van der Waals surface area contributed by atoms with E-state index in [9.17, 15) is 19.5 Å². The molecule has 2 heterocycles. The fourth-order valence-corrected chi connectivity index (χ4v) is 4.43. The van der Waals surface area contributed by atoms with Gasteiger partial charge in [0.2, 0.25) is 0 Å². The first-order chi connectivity index (χ1) is 16.1. The number of fused-ring (bicyclic) bond motifs is 1. The van der Waals surface area contributed by atoms with Crippen LogP contribution in [0.1, 0.15) is 43.9 Å². The number of carbonyl (C=O) groups is 3. The molecule has 2 aromatic carbocycles. The van der Waals surface area contributed by atoms with E-state index in [2.05, 4.69) is 5.32 Å². The van der Waals surface area contributed by atoms with Crippen molar-refractivity contribution in [2.45, 2.75) is 64.3 Å². The van der Waals surface area contributed by atoms with Gasteiger partial charge in [0.05, 0.1) is 12.6 Å². The van der Waals surface area contributed by atoms with Gasteiger partial charge < -0.3 is 15.2 Å². The molecule has 7 nitrogen and oxygen atoms in total. The van der Waals surface area contributed by atoms with Crippen LogP contribution in [0.3, 0.4) is 0 Å². The first kappa shape index (κ1) is 23.5. The number of nitrogens with zero attached hydrogens (tertiary/aromatic N) is 1. The van der Waals surface area contributed by atoms with Crippen molar-refractivity contribution in [3.8, 4) is 0 Å². The molecular weight excluding hydrogens is 432 g/mol. The number of aryl methyl sites for hydroxylation is 1.